The van der Waals surface area contributed by atoms with Crippen molar-refractivity contribution in [3.05, 3.63) is 35.6 Å². The number of rotatable bonds is 5. The van der Waals surface area contributed by atoms with E-state index in [1.807, 2.05) is 13.0 Å². The van der Waals surface area contributed by atoms with E-state index in [4.69, 9.17) is 0 Å². The zero-order valence-electron chi connectivity index (χ0n) is 13.3. The minimum Gasteiger partial charge on any atom is -0.353 e. The summed E-state index contributed by atoms with van der Waals surface area (Å²) >= 11 is 0. The second-order valence-corrected chi connectivity index (χ2v) is 6.12. The van der Waals surface area contributed by atoms with Crippen LogP contribution in [0.4, 0.5) is 4.39 Å². The molecule has 0 radical (unpaired) electrons. The van der Waals surface area contributed by atoms with Crippen LogP contribution in [0.25, 0.3) is 0 Å². The highest BCUT2D eigenvalue weighted by atomic mass is 35.5. The summed E-state index contributed by atoms with van der Waals surface area (Å²) < 4.78 is 13.6. The van der Waals surface area contributed by atoms with E-state index in [2.05, 4.69) is 17.6 Å². The summed E-state index contributed by atoms with van der Waals surface area (Å²) in [4.78, 5) is 12.2. The highest BCUT2D eigenvalue weighted by Crippen LogP contribution is 2.15. The van der Waals surface area contributed by atoms with Crippen molar-refractivity contribution in [3.8, 4) is 0 Å². The third-order valence-corrected chi connectivity index (χ3v) is 4.37. The Balaban J connectivity index is 0.00000242. The van der Waals surface area contributed by atoms with Crippen molar-refractivity contribution in [3.63, 3.8) is 0 Å². The molecular formula is C17H26ClFN2O. The lowest BCUT2D eigenvalue weighted by Crippen LogP contribution is -2.49. The van der Waals surface area contributed by atoms with Gasteiger partial charge in [-0.1, -0.05) is 32.0 Å². The normalized spacial score (nSPS) is 22.5. The minimum atomic E-state index is -0.183. The molecule has 0 aromatic heterocycles. The van der Waals surface area contributed by atoms with Crippen LogP contribution in [0.15, 0.2) is 24.3 Å². The second-order valence-electron chi connectivity index (χ2n) is 6.12. The number of nitrogens with one attached hydrogen (secondary N) is 2. The topological polar surface area (TPSA) is 41.1 Å². The van der Waals surface area contributed by atoms with E-state index >= 15 is 0 Å². The SMILES string of the molecule is CC(CCc1ccccc1F)C(=O)NC1CCNCC1C.Cl. The second kappa shape index (κ2) is 9.11. The Bertz CT molecular complexity index is 483. The summed E-state index contributed by atoms with van der Waals surface area (Å²) in [6, 6.07) is 7.04. The van der Waals surface area contributed by atoms with E-state index in [0.29, 0.717) is 24.3 Å². The molecule has 2 rings (SSSR count). The maximum atomic E-state index is 13.6. The number of halogens is 2. The predicted octanol–water partition coefficient (Wildman–Crippen LogP) is 2.93. The zero-order valence-corrected chi connectivity index (χ0v) is 14.1. The quantitative estimate of drug-likeness (QED) is 0.872. The number of carbonyl (C=O) groups is 1. The van der Waals surface area contributed by atoms with Crippen molar-refractivity contribution in [1.29, 1.82) is 0 Å². The van der Waals surface area contributed by atoms with Crippen LogP contribution in [-0.2, 0) is 11.2 Å². The third-order valence-electron chi connectivity index (χ3n) is 4.37. The van der Waals surface area contributed by atoms with Gasteiger partial charge < -0.3 is 10.6 Å². The Morgan fingerprint density at radius 1 is 1.45 bits per heavy atom. The maximum absolute atomic E-state index is 13.6. The highest BCUT2D eigenvalue weighted by molar-refractivity contribution is 5.85. The summed E-state index contributed by atoms with van der Waals surface area (Å²) in [5, 5.41) is 6.47. The number of piperidine rings is 1. The van der Waals surface area contributed by atoms with Crippen molar-refractivity contribution in [2.24, 2.45) is 11.8 Å². The first-order valence-electron chi connectivity index (χ1n) is 7.82. The fourth-order valence-corrected chi connectivity index (χ4v) is 2.76. The summed E-state index contributed by atoms with van der Waals surface area (Å²) in [5.41, 5.74) is 0.687. The van der Waals surface area contributed by atoms with Crippen LogP contribution in [-0.4, -0.2) is 25.0 Å². The average molecular weight is 329 g/mol. The summed E-state index contributed by atoms with van der Waals surface area (Å²) in [7, 11) is 0. The molecule has 1 aromatic rings. The molecule has 0 spiro atoms. The van der Waals surface area contributed by atoms with Gasteiger partial charge in [0.15, 0.2) is 0 Å². The van der Waals surface area contributed by atoms with Gasteiger partial charge in [-0.05, 0) is 49.9 Å². The van der Waals surface area contributed by atoms with E-state index in [-0.39, 0.29) is 36.1 Å². The van der Waals surface area contributed by atoms with Gasteiger partial charge in [0.25, 0.3) is 0 Å². The summed E-state index contributed by atoms with van der Waals surface area (Å²) in [6.07, 6.45) is 2.25. The van der Waals surface area contributed by atoms with Crippen molar-refractivity contribution < 1.29 is 9.18 Å². The molecule has 3 nitrogen and oxygen atoms in total. The molecule has 1 fully saturated rings. The van der Waals surface area contributed by atoms with Gasteiger partial charge in [-0.2, -0.15) is 0 Å². The molecular weight excluding hydrogens is 303 g/mol. The standard InChI is InChI=1S/C17H25FN2O.ClH/c1-12(7-8-14-5-3-4-6-15(14)18)17(21)20-16-9-10-19-11-13(16)2;/h3-6,12-13,16,19H,7-11H2,1-2H3,(H,20,21);1H. The largest absolute Gasteiger partial charge is 0.353 e. The molecule has 1 aliphatic rings. The molecule has 3 atom stereocenters. The maximum Gasteiger partial charge on any atom is 0.223 e. The van der Waals surface area contributed by atoms with Crippen molar-refractivity contribution in [1.82, 2.24) is 10.6 Å². The molecule has 22 heavy (non-hydrogen) atoms. The zero-order chi connectivity index (χ0) is 15.2. The lowest BCUT2D eigenvalue weighted by molar-refractivity contribution is -0.125. The Kier molecular flexibility index (Phi) is 7.83. The fraction of sp³-hybridized carbons (Fsp3) is 0.588. The molecule has 3 unspecified atom stereocenters. The van der Waals surface area contributed by atoms with Gasteiger partial charge >= 0.3 is 0 Å². The summed E-state index contributed by atoms with van der Waals surface area (Å²) in [6.45, 7) is 5.98. The van der Waals surface area contributed by atoms with Crippen LogP contribution in [0.5, 0.6) is 0 Å². The lowest BCUT2D eigenvalue weighted by Gasteiger charge is -2.31. The molecule has 1 amide bonds. The van der Waals surface area contributed by atoms with Crippen LogP contribution < -0.4 is 10.6 Å². The number of amides is 1. The van der Waals surface area contributed by atoms with Crippen LogP contribution in [0.3, 0.4) is 0 Å². The molecule has 0 saturated carbocycles. The molecule has 1 aromatic carbocycles. The van der Waals surface area contributed by atoms with Gasteiger partial charge in [-0.15, -0.1) is 12.4 Å². The minimum absolute atomic E-state index is 0. The van der Waals surface area contributed by atoms with Gasteiger partial charge in [0.2, 0.25) is 5.91 Å². The number of hydrogen-bond acceptors (Lipinski definition) is 2. The smallest absolute Gasteiger partial charge is 0.223 e. The van der Waals surface area contributed by atoms with E-state index in [0.717, 1.165) is 19.5 Å². The van der Waals surface area contributed by atoms with Gasteiger partial charge in [0, 0.05) is 12.0 Å². The van der Waals surface area contributed by atoms with Crippen LogP contribution in [0.1, 0.15) is 32.3 Å². The summed E-state index contributed by atoms with van der Waals surface area (Å²) in [5.74, 6) is 0.273. The molecule has 0 bridgehead atoms. The lowest BCUT2D eigenvalue weighted by atomic mass is 9.93. The number of benzene rings is 1. The first-order valence-corrected chi connectivity index (χ1v) is 7.82. The Hall–Kier alpha value is -1.13. The Labute approximate surface area is 138 Å². The predicted molar refractivity (Wildman–Crippen MR) is 89.7 cm³/mol. The van der Waals surface area contributed by atoms with E-state index in [9.17, 15) is 9.18 Å². The van der Waals surface area contributed by atoms with Crippen molar-refractivity contribution in [2.45, 2.75) is 39.2 Å². The number of hydrogen-bond donors (Lipinski definition) is 2. The molecule has 0 aliphatic carbocycles. The van der Waals surface area contributed by atoms with Crippen molar-refractivity contribution in [2.75, 3.05) is 13.1 Å². The highest BCUT2D eigenvalue weighted by Gasteiger charge is 2.24. The van der Waals surface area contributed by atoms with Crippen LogP contribution in [0.2, 0.25) is 0 Å². The molecule has 2 N–H and O–H groups in total. The Morgan fingerprint density at radius 3 is 2.86 bits per heavy atom. The van der Waals surface area contributed by atoms with Gasteiger partial charge in [0.1, 0.15) is 5.82 Å². The molecule has 124 valence electrons. The first-order chi connectivity index (χ1) is 10.1. The molecule has 1 aliphatic heterocycles. The fourth-order valence-electron chi connectivity index (χ4n) is 2.76. The van der Waals surface area contributed by atoms with Gasteiger partial charge in [-0.25, -0.2) is 4.39 Å². The van der Waals surface area contributed by atoms with Crippen LogP contribution in [0, 0.1) is 17.7 Å². The van der Waals surface area contributed by atoms with Gasteiger partial charge in [0.05, 0.1) is 0 Å². The van der Waals surface area contributed by atoms with E-state index in [1.54, 1.807) is 12.1 Å². The van der Waals surface area contributed by atoms with Gasteiger partial charge in [-0.3, -0.25) is 4.79 Å². The van der Waals surface area contributed by atoms with Crippen LogP contribution >= 0.6 is 12.4 Å². The van der Waals surface area contributed by atoms with Crippen molar-refractivity contribution >= 4 is 18.3 Å². The molecule has 1 heterocycles. The molecule has 1 saturated heterocycles. The van der Waals surface area contributed by atoms with E-state index in [1.165, 1.54) is 6.07 Å². The Morgan fingerprint density at radius 2 is 2.18 bits per heavy atom. The van der Waals surface area contributed by atoms with E-state index < -0.39 is 0 Å². The number of carbonyl (C=O) groups excluding carboxylic acids is 1. The monoisotopic (exact) mass is 328 g/mol. The molecule has 5 heteroatoms. The first kappa shape index (κ1) is 18.9. The third kappa shape index (κ3) is 5.25. The number of aryl methyl sites for hydroxylation is 1. The average Bonchev–Trinajstić information content (AvgIpc) is 2.48.